The number of benzene rings is 10. The van der Waals surface area contributed by atoms with E-state index >= 15 is 0 Å². The minimum absolute atomic E-state index is 0.588. The van der Waals surface area contributed by atoms with Gasteiger partial charge in [0.2, 0.25) is 0 Å². The van der Waals surface area contributed by atoms with Crippen molar-refractivity contribution in [2.45, 2.75) is 0 Å². The Morgan fingerprint density at radius 1 is 0.367 bits per heavy atom. The highest BCUT2D eigenvalue weighted by Gasteiger charge is 2.23. The second-order valence-electron chi connectivity index (χ2n) is 15.6. The van der Waals surface area contributed by atoms with Crippen molar-refractivity contribution in [1.29, 1.82) is 0 Å². The number of aromatic nitrogens is 4. The molecule has 0 spiro atoms. The molecule has 0 atom stereocenters. The van der Waals surface area contributed by atoms with Crippen molar-refractivity contribution in [3.05, 3.63) is 194 Å². The summed E-state index contributed by atoms with van der Waals surface area (Å²) in [5, 5.41) is 13.5. The van der Waals surface area contributed by atoms with Crippen LogP contribution in [0.1, 0.15) is 0 Å². The Labute approximate surface area is 343 Å². The molecule has 10 aromatic carbocycles. The first-order valence-corrected chi connectivity index (χ1v) is 20.3. The molecular formula is C55H32N4O. The Balaban J connectivity index is 1.14. The van der Waals surface area contributed by atoms with Crippen LogP contribution in [0.5, 0.6) is 0 Å². The van der Waals surface area contributed by atoms with E-state index in [1.165, 1.54) is 37.8 Å². The van der Waals surface area contributed by atoms with Crippen LogP contribution in [0.3, 0.4) is 0 Å². The lowest BCUT2D eigenvalue weighted by molar-refractivity contribution is 0.672. The van der Waals surface area contributed by atoms with Crippen molar-refractivity contribution >= 4 is 86.8 Å². The molecule has 0 aliphatic rings. The SMILES string of the molecule is c1ccc(-c2nc(-c3cccc4ccccc34)nc(-c3cc4ccccc4c4oc5ccc(-n6c7cc8ccccc8cc7c7ccc8ccccc8c76)cc5c34)n2)cc1. The summed E-state index contributed by atoms with van der Waals surface area (Å²) in [6.45, 7) is 0. The smallest absolute Gasteiger partial charge is 0.164 e. The van der Waals surface area contributed by atoms with Gasteiger partial charge in [-0.1, -0.05) is 158 Å². The fourth-order valence-electron chi connectivity index (χ4n) is 9.40. The zero-order chi connectivity index (χ0) is 39.3. The molecule has 0 saturated carbocycles. The van der Waals surface area contributed by atoms with Gasteiger partial charge in [0.15, 0.2) is 17.5 Å². The van der Waals surface area contributed by atoms with E-state index in [9.17, 15) is 0 Å². The summed E-state index contributed by atoms with van der Waals surface area (Å²) < 4.78 is 9.35. The highest BCUT2D eigenvalue weighted by molar-refractivity contribution is 6.23. The molecule has 13 aromatic rings. The first-order valence-electron chi connectivity index (χ1n) is 20.3. The lowest BCUT2D eigenvalue weighted by Gasteiger charge is -2.12. The van der Waals surface area contributed by atoms with E-state index in [-0.39, 0.29) is 0 Å². The summed E-state index contributed by atoms with van der Waals surface area (Å²) in [5.41, 5.74) is 7.76. The van der Waals surface area contributed by atoms with Crippen LogP contribution in [0.15, 0.2) is 199 Å². The Morgan fingerprint density at radius 2 is 1.00 bits per heavy atom. The maximum atomic E-state index is 6.91. The summed E-state index contributed by atoms with van der Waals surface area (Å²) in [6.07, 6.45) is 0. The van der Waals surface area contributed by atoms with Crippen molar-refractivity contribution in [3.8, 4) is 39.9 Å². The van der Waals surface area contributed by atoms with E-state index in [1.54, 1.807) is 0 Å². The van der Waals surface area contributed by atoms with Crippen molar-refractivity contribution in [1.82, 2.24) is 19.5 Å². The molecule has 0 unspecified atom stereocenters. The lowest BCUT2D eigenvalue weighted by atomic mass is 9.99. The molecule has 278 valence electrons. The molecule has 0 N–H and O–H groups in total. The van der Waals surface area contributed by atoms with Crippen molar-refractivity contribution in [2.24, 2.45) is 0 Å². The van der Waals surface area contributed by atoms with Gasteiger partial charge in [0.25, 0.3) is 0 Å². The molecule has 5 nitrogen and oxygen atoms in total. The average Bonchev–Trinajstić information content (AvgIpc) is 3.86. The maximum absolute atomic E-state index is 6.91. The normalized spacial score (nSPS) is 12.0. The molecule has 0 fully saturated rings. The van der Waals surface area contributed by atoms with Crippen molar-refractivity contribution in [3.63, 3.8) is 0 Å². The van der Waals surface area contributed by atoms with Crippen molar-refractivity contribution < 1.29 is 4.42 Å². The fraction of sp³-hybridized carbons (Fsp3) is 0. The second kappa shape index (κ2) is 12.7. The summed E-state index contributed by atoms with van der Waals surface area (Å²) >= 11 is 0. The highest BCUT2D eigenvalue weighted by atomic mass is 16.3. The molecule has 0 radical (unpaired) electrons. The van der Waals surface area contributed by atoms with Gasteiger partial charge in [0, 0.05) is 54.7 Å². The molecule has 0 bridgehead atoms. The summed E-state index contributed by atoms with van der Waals surface area (Å²) in [5.74, 6) is 1.82. The molecule has 0 amide bonds. The minimum atomic E-state index is 0.588. The molecule has 5 heteroatoms. The minimum Gasteiger partial charge on any atom is -0.455 e. The van der Waals surface area contributed by atoms with Gasteiger partial charge in [-0.2, -0.15) is 0 Å². The van der Waals surface area contributed by atoms with E-state index in [0.29, 0.717) is 17.5 Å². The predicted octanol–water partition coefficient (Wildman–Crippen LogP) is 14.5. The Hall–Kier alpha value is -8.15. The quantitative estimate of drug-likeness (QED) is 0.179. The van der Waals surface area contributed by atoms with Gasteiger partial charge < -0.3 is 8.98 Å². The van der Waals surface area contributed by atoms with Crippen LogP contribution >= 0.6 is 0 Å². The molecule has 3 aromatic heterocycles. The molecule has 3 heterocycles. The standard InChI is InChI=1S/C55H32N4O/c1-2-15-35(16-3-1)53-56-54(44-24-12-20-33-13-6-9-21-40(33)44)58-55(57-53)47-30-38-19-8-11-23-42(38)52-50(47)46-32-39(26-28-49(46)60-52)59-48-31-37-18-5-4-17-36(37)29-45(48)43-27-25-34-14-7-10-22-41(34)51(43)59/h1-32H. The maximum Gasteiger partial charge on any atom is 0.164 e. The molecule has 0 aliphatic heterocycles. The van der Waals surface area contributed by atoms with Crippen LogP contribution in [-0.4, -0.2) is 19.5 Å². The Morgan fingerprint density at radius 3 is 1.82 bits per heavy atom. The number of hydrogen-bond acceptors (Lipinski definition) is 4. The Kier molecular flexibility index (Phi) is 6.95. The third-order valence-electron chi connectivity index (χ3n) is 12.2. The fourth-order valence-corrected chi connectivity index (χ4v) is 9.40. The van der Waals surface area contributed by atoms with Crippen LogP contribution in [-0.2, 0) is 0 Å². The van der Waals surface area contributed by atoms with Gasteiger partial charge in [-0.25, -0.2) is 15.0 Å². The van der Waals surface area contributed by atoms with Crippen LogP contribution in [0.2, 0.25) is 0 Å². The van der Waals surface area contributed by atoms with Crippen LogP contribution in [0, 0.1) is 0 Å². The lowest BCUT2D eigenvalue weighted by Crippen LogP contribution is -2.01. The number of fused-ring (bicyclic) bond motifs is 12. The van der Waals surface area contributed by atoms with Crippen LogP contribution in [0.4, 0.5) is 0 Å². The third-order valence-corrected chi connectivity index (χ3v) is 12.2. The molecule has 60 heavy (non-hydrogen) atoms. The van der Waals surface area contributed by atoms with Gasteiger partial charge in [0.05, 0.1) is 11.0 Å². The average molecular weight is 765 g/mol. The first kappa shape index (κ1) is 32.9. The Bertz CT molecular complexity index is 3890. The molecule has 0 aliphatic carbocycles. The topological polar surface area (TPSA) is 56.7 Å². The second-order valence-corrected chi connectivity index (χ2v) is 15.6. The van der Waals surface area contributed by atoms with Crippen LogP contribution in [0.25, 0.3) is 127 Å². The predicted molar refractivity (Wildman–Crippen MR) is 248 cm³/mol. The summed E-state index contributed by atoms with van der Waals surface area (Å²) in [6, 6.07) is 68.6. The largest absolute Gasteiger partial charge is 0.455 e. The highest BCUT2D eigenvalue weighted by Crippen LogP contribution is 2.44. The van der Waals surface area contributed by atoms with Gasteiger partial charge in [-0.15, -0.1) is 0 Å². The van der Waals surface area contributed by atoms with E-state index in [1.807, 2.05) is 18.2 Å². The van der Waals surface area contributed by atoms with E-state index in [0.717, 1.165) is 71.4 Å². The molecule has 0 saturated heterocycles. The van der Waals surface area contributed by atoms with Crippen molar-refractivity contribution in [2.75, 3.05) is 0 Å². The third kappa shape index (κ3) is 4.90. The number of rotatable bonds is 4. The first-order chi connectivity index (χ1) is 29.7. The molecule has 13 rings (SSSR count). The zero-order valence-corrected chi connectivity index (χ0v) is 32.2. The monoisotopic (exact) mass is 764 g/mol. The van der Waals surface area contributed by atoms with Gasteiger partial charge in [-0.3, -0.25) is 0 Å². The van der Waals surface area contributed by atoms with Crippen LogP contribution < -0.4 is 0 Å². The number of nitrogens with zero attached hydrogens (tertiary/aromatic N) is 4. The molecular weight excluding hydrogens is 733 g/mol. The van der Waals surface area contributed by atoms with E-state index < -0.39 is 0 Å². The van der Waals surface area contributed by atoms with E-state index in [2.05, 4.69) is 180 Å². The van der Waals surface area contributed by atoms with Gasteiger partial charge >= 0.3 is 0 Å². The van der Waals surface area contributed by atoms with Gasteiger partial charge in [0.1, 0.15) is 11.2 Å². The number of hydrogen-bond donors (Lipinski definition) is 0. The van der Waals surface area contributed by atoms with Gasteiger partial charge in [-0.05, 0) is 68.7 Å². The zero-order valence-electron chi connectivity index (χ0n) is 32.2. The van der Waals surface area contributed by atoms with E-state index in [4.69, 9.17) is 19.4 Å². The summed E-state index contributed by atoms with van der Waals surface area (Å²) in [7, 11) is 0. The number of furan rings is 1. The summed E-state index contributed by atoms with van der Waals surface area (Å²) in [4.78, 5) is 15.8.